The van der Waals surface area contributed by atoms with Crippen LogP contribution < -0.4 is 4.90 Å². The van der Waals surface area contributed by atoms with Crippen LogP contribution in [0.1, 0.15) is 50.2 Å². The van der Waals surface area contributed by atoms with Crippen molar-refractivity contribution < 1.29 is 5.11 Å². The molecule has 1 aromatic carbocycles. The van der Waals surface area contributed by atoms with E-state index in [-0.39, 0.29) is 0 Å². The first-order valence-corrected chi connectivity index (χ1v) is 7.58. The molecule has 0 radical (unpaired) electrons. The molecule has 1 aliphatic rings. The quantitative estimate of drug-likeness (QED) is 0.893. The summed E-state index contributed by atoms with van der Waals surface area (Å²) in [6.45, 7) is 9.35. The Bertz CT molecular complexity index is 412. The minimum Gasteiger partial charge on any atom is -0.396 e. The first-order chi connectivity index (χ1) is 9.13. The first-order valence-electron chi connectivity index (χ1n) is 7.58. The fraction of sp³-hybridized carbons (Fsp3) is 0.647. The molecule has 2 nitrogen and oxygen atoms in total. The van der Waals surface area contributed by atoms with Crippen molar-refractivity contribution in [1.82, 2.24) is 0 Å². The lowest BCUT2D eigenvalue weighted by molar-refractivity contribution is 0.244. The van der Waals surface area contributed by atoms with E-state index in [9.17, 15) is 0 Å². The van der Waals surface area contributed by atoms with E-state index in [0.29, 0.717) is 18.4 Å². The molecule has 1 atom stereocenters. The lowest BCUT2D eigenvalue weighted by Crippen LogP contribution is -2.36. The van der Waals surface area contributed by atoms with Crippen LogP contribution in [0, 0.1) is 12.8 Å². The zero-order chi connectivity index (χ0) is 13.8. The fourth-order valence-electron chi connectivity index (χ4n) is 3.27. The van der Waals surface area contributed by atoms with E-state index in [0.717, 1.165) is 19.5 Å². The predicted molar refractivity (Wildman–Crippen MR) is 81.9 cm³/mol. The number of rotatable bonds is 4. The van der Waals surface area contributed by atoms with Crippen LogP contribution in [-0.4, -0.2) is 24.8 Å². The molecular formula is C17H27NO. The third kappa shape index (κ3) is 3.30. The van der Waals surface area contributed by atoms with E-state index in [1.165, 1.54) is 29.7 Å². The fourth-order valence-corrected chi connectivity index (χ4v) is 3.27. The van der Waals surface area contributed by atoms with Gasteiger partial charge in [0.2, 0.25) is 0 Å². The zero-order valence-electron chi connectivity index (χ0n) is 12.5. The Morgan fingerprint density at radius 3 is 2.84 bits per heavy atom. The van der Waals surface area contributed by atoms with Crippen LogP contribution in [0.4, 0.5) is 5.69 Å². The summed E-state index contributed by atoms with van der Waals surface area (Å²) in [6, 6.07) is 6.66. The average Bonchev–Trinajstić information content (AvgIpc) is 2.39. The number of aliphatic hydroxyl groups is 1. The van der Waals surface area contributed by atoms with Crippen LogP contribution >= 0.6 is 0 Å². The van der Waals surface area contributed by atoms with Crippen LogP contribution in [0.2, 0.25) is 0 Å². The molecule has 0 aromatic heterocycles. The number of piperidine rings is 1. The molecule has 1 heterocycles. The number of aliphatic hydroxyl groups excluding tert-OH is 1. The Morgan fingerprint density at radius 1 is 1.37 bits per heavy atom. The van der Waals surface area contributed by atoms with Crippen molar-refractivity contribution in [2.45, 2.75) is 46.0 Å². The van der Waals surface area contributed by atoms with Gasteiger partial charge in [-0.15, -0.1) is 0 Å². The van der Waals surface area contributed by atoms with Gasteiger partial charge in [0.15, 0.2) is 0 Å². The molecule has 1 fully saturated rings. The number of para-hydroxylation sites is 1. The number of hydrogen-bond donors (Lipinski definition) is 1. The standard InChI is InChI=1S/C17H27NO/c1-13(2)16-8-4-6-14(3)17(16)18-10-5-7-15(12-18)9-11-19/h4,6,8,13,15,19H,5,7,9-12H2,1-3H3. The van der Waals surface area contributed by atoms with Gasteiger partial charge in [-0.2, -0.15) is 0 Å². The van der Waals surface area contributed by atoms with Crippen molar-refractivity contribution in [3.63, 3.8) is 0 Å². The van der Waals surface area contributed by atoms with Crippen LogP contribution in [0.15, 0.2) is 18.2 Å². The minimum atomic E-state index is 0.323. The Kier molecular flexibility index (Phi) is 4.87. The maximum absolute atomic E-state index is 9.15. The summed E-state index contributed by atoms with van der Waals surface area (Å²) >= 11 is 0. The second-order valence-electron chi connectivity index (χ2n) is 6.13. The summed E-state index contributed by atoms with van der Waals surface area (Å²) in [5.74, 6) is 1.21. The summed E-state index contributed by atoms with van der Waals surface area (Å²) in [5.41, 5.74) is 4.29. The highest BCUT2D eigenvalue weighted by molar-refractivity contribution is 5.60. The van der Waals surface area contributed by atoms with Crippen LogP contribution in [0.5, 0.6) is 0 Å². The molecule has 0 spiro atoms. The van der Waals surface area contributed by atoms with E-state index >= 15 is 0 Å². The van der Waals surface area contributed by atoms with Gasteiger partial charge in [0.05, 0.1) is 0 Å². The molecule has 1 saturated heterocycles. The van der Waals surface area contributed by atoms with E-state index in [1.807, 2.05) is 0 Å². The molecule has 2 heteroatoms. The molecule has 1 aromatic rings. The van der Waals surface area contributed by atoms with Gasteiger partial charge in [-0.1, -0.05) is 32.0 Å². The minimum absolute atomic E-state index is 0.323. The molecule has 1 unspecified atom stereocenters. The molecule has 1 N–H and O–H groups in total. The van der Waals surface area contributed by atoms with Gasteiger partial charge in [-0.05, 0) is 49.1 Å². The molecule has 2 rings (SSSR count). The number of hydrogen-bond acceptors (Lipinski definition) is 2. The van der Waals surface area contributed by atoms with Gasteiger partial charge >= 0.3 is 0 Å². The topological polar surface area (TPSA) is 23.5 Å². The first kappa shape index (κ1) is 14.4. The third-order valence-electron chi connectivity index (χ3n) is 4.26. The van der Waals surface area contributed by atoms with Crippen LogP contribution in [-0.2, 0) is 0 Å². The van der Waals surface area contributed by atoms with Crippen LogP contribution in [0.25, 0.3) is 0 Å². The van der Waals surface area contributed by atoms with Crippen LogP contribution in [0.3, 0.4) is 0 Å². The Labute approximate surface area is 117 Å². The Hall–Kier alpha value is -1.02. The number of anilines is 1. The van der Waals surface area contributed by atoms with Gasteiger partial charge in [-0.25, -0.2) is 0 Å². The summed E-state index contributed by atoms with van der Waals surface area (Å²) < 4.78 is 0. The summed E-state index contributed by atoms with van der Waals surface area (Å²) in [4.78, 5) is 2.55. The molecule has 0 aliphatic carbocycles. The zero-order valence-corrected chi connectivity index (χ0v) is 12.5. The van der Waals surface area contributed by atoms with Crippen molar-refractivity contribution in [3.05, 3.63) is 29.3 Å². The van der Waals surface area contributed by atoms with Crippen molar-refractivity contribution >= 4 is 5.69 Å². The molecule has 19 heavy (non-hydrogen) atoms. The highest BCUT2D eigenvalue weighted by atomic mass is 16.3. The number of nitrogens with zero attached hydrogens (tertiary/aromatic N) is 1. The molecule has 0 amide bonds. The highest BCUT2D eigenvalue weighted by Gasteiger charge is 2.23. The van der Waals surface area contributed by atoms with Crippen molar-refractivity contribution in [2.24, 2.45) is 5.92 Å². The van der Waals surface area contributed by atoms with E-state index in [1.54, 1.807) is 0 Å². The smallest absolute Gasteiger partial charge is 0.0434 e. The van der Waals surface area contributed by atoms with Crippen molar-refractivity contribution in [1.29, 1.82) is 0 Å². The van der Waals surface area contributed by atoms with Gasteiger partial charge in [0.1, 0.15) is 0 Å². The van der Waals surface area contributed by atoms with Gasteiger partial charge in [0, 0.05) is 25.4 Å². The Morgan fingerprint density at radius 2 is 2.16 bits per heavy atom. The lowest BCUT2D eigenvalue weighted by Gasteiger charge is -2.37. The molecule has 1 aliphatic heterocycles. The molecular weight excluding hydrogens is 234 g/mol. The summed E-state index contributed by atoms with van der Waals surface area (Å²) in [6.07, 6.45) is 3.45. The number of benzene rings is 1. The predicted octanol–water partition coefficient (Wildman–Crippen LogP) is 3.72. The largest absolute Gasteiger partial charge is 0.396 e. The van der Waals surface area contributed by atoms with Gasteiger partial charge in [0.25, 0.3) is 0 Å². The van der Waals surface area contributed by atoms with Crippen molar-refractivity contribution in [2.75, 3.05) is 24.6 Å². The van der Waals surface area contributed by atoms with E-state index in [4.69, 9.17) is 5.11 Å². The average molecular weight is 261 g/mol. The molecule has 0 saturated carbocycles. The number of aryl methyl sites for hydroxylation is 1. The molecule has 0 bridgehead atoms. The second kappa shape index (κ2) is 6.42. The lowest BCUT2D eigenvalue weighted by atomic mass is 9.91. The van der Waals surface area contributed by atoms with Crippen molar-refractivity contribution in [3.8, 4) is 0 Å². The Balaban J connectivity index is 2.25. The maximum atomic E-state index is 9.15. The summed E-state index contributed by atoms with van der Waals surface area (Å²) in [5, 5.41) is 9.15. The molecule has 106 valence electrons. The third-order valence-corrected chi connectivity index (χ3v) is 4.26. The van der Waals surface area contributed by atoms with E-state index in [2.05, 4.69) is 43.9 Å². The SMILES string of the molecule is Cc1cccc(C(C)C)c1N1CCCC(CCO)C1. The highest BCUT2D eigenvalue weighted by Crippen LogP contribution is 2.34. The van der Waals surface area contributed by atoms with Gasteiger partial charge < -0.3 is 10.0 Å². The monoisotopic (exact) mass is 261 g/mol. The summed E-state index contributed by atoms with van der Waals surface area (Å²) in [7, 11) is 0. The normalized spacial score (nSPS) is 20.1. The van der Waals surface area contributed by atoms with E-state index < -0.39 is 0 Å². The maximum Gasteiger partial charge on any atom is 0.0434 e. The second-order valence-corrected chi connectivity index (χ2v) is 6.13. The van der Waals surface area contributed by atoms with Gasteiger partial charge in [-0.3, -0.25) is 0 Å².